The van der Waals surface area contributed by atoms with Crippen LogP contribution in [0.15, 0.2) is 24.3 Å². The van der Waals surface area contributed by atoms with Gasteiger partial charge in [0.15, 0.2) is 5.75 Å². The molecule has 8 heteroatoms. The van der Waals surface area contributed by atoms with E-state index < -0.39 is 17.8 Å². The van der Waals surface area contributed by atoms with Crippen molar-refractivity contribution in [2.45, 2.75) is 52.5 Å². The molecular weight excluding hydrogens is 424 g/mol. The van der Waals surface area contributed by atoms with Gasteiger partial charge in [-0.2, -0.15) is 0 Å². The van der Waals surface area contributed by atoms with Gasteiger partial charge in [-0.15, -0.1) is 11.3 Å². The molecule has 31 heavy (non-hydrogen) atoms. The average molecular weight is 452 g/mol. The Labute approximate surface area is 185 Å². The first kappa shape index (κ1) is 23.2. The molecule has 0 spiro atoms. The van der Waals surface area contributed by atoms with Crippen LogP contribution in [0.1, 0.15) is 46.5 Å². The van der Waals surface area contributed by atoms with E-state index >= 15 is 0 Å². The minimum Gasteiger partial charge on any atom is -0.437 e. The SMILES string of the molecule is COC(=O)Oc1cc(-c2ccc(F)cc2F)sc1N(C(=O)C1CCC(C)CC1)C(C)C. The summed E-state index contributed by atoms with van der Waals surface area (Å²) in [5.74, 6) is -0.857. The van der Waals surface area contributed by atoms with Crippen molar-refractivity contribution in [1.29, 1.82) is 0 Å². The Morgan fingerprint density at radius 3 is 2.39 bits per heavy atom. The Bertz CT molecular complexity index is 951. The third-order valence-corrected chi connectivity index (χ3v) is 6.72. The fraction of sp³-hybridized carbons (Fsp3) is 0.478. The number of hydrogen-bond donors (Lipinski definition) is 0. The number of ether oxygens (including phenoxy) is 2. The van der Waals surface area contributed by atoms with Crippen LogP contribution in [0.25, 0.3) is 10.4 Å². The maximum Gasteiger partial charge on any atom is 0.513 e. The molecule has 5 nitrogen and oxygen atoms in total. The number of anilines is 1. The lowest BCUT2D eigenvalue weighted by Crippen LogP contribution is -2.42. The van der Waals surface area contributed by atoms with Gasteiger partial charge in [-0.1, -0.05) is 6.92 Å². The maximum atomic E-state index is 14.4. The number of halogens is 2. The summed E-state index contributed by atoms with van der Waals surface area (Å²) in [4.78, 5) is 27.3. The summed E-state index contributed by atoms with van der Waals surface area (Å²) >= 11 is 1.12. The van der Waals surface area contributed by atoms with Crippen LogP contribution >= 0.6 is 11.3 Å². The molecule has 1 aromatic carbocycles. The number of methoxy groups -OCH3 is 1. The van der Waals surface area contributed by atoms with Crippen molar-refractivity contribution in [3.63, 3.8) is 0 Å². The van der Waals surface area contributed by atoms with Gasteiger partial charge in [-0.25, -0.2) is 13.6 Å². The lowest BCUT2D eigenvalue weighted by Gasteiger charge is -2.33. The van der Waals surface area contributed by atoms with Crippen molar-refractivity contribution in [3.8, 4) is 16.2 Å². The predicted octanol–water partition coefficient (Wildman–Crippen LogP) is 6.41. The monoisotopic (exact) mass is 451 g/mol. The van der Waals surface area contributed by atoms with Crippen LogP contribution in [0, 0.1) is 23.5 Å². The van der Waals surface area contributed by atoms with Crippen LogP contribution in [0.4, 0.5) is 18.6 Å². The summed E-state index contributed by atoms with van der Waals surface area (Å²) in [6.07, 6.45) is 2.66. The van der Waals surface area contributed by atoms with Gasteiger partial charge < -0.3 is 9.47 Å². The zero-order valence-corrected chi connectivity index (χ0v) is 18.9. The summed E-state index contributed by atoms with van der Waals surface area (Å²) in [6.45, 7) is 5.94. The fourth-order valence-electron chi connectivity index (χ4n) is 3.85. The molecule has 0 unspecified atom stereocenters. The van der Waals surface area contributed by atoms with Crippen LogP contribution in [0.5, 0.6) is 5.75 Å². The predicted molar refractivity (Wildman–Crippen MR) is 116 cm³/mol. The number of hydrogen-bond acceptors (Lipinski definition) is 5. The Hall–Kier alpha value is -2.48. The highest BCUT2D eigenvalue weighted by atomic mass is 32.1. The van der Waals surface area contributed by atoms with Gasteiger partial charge >= 0.3 is 6.16 Å². The molecule has 0 bridgehead atoms. The number of nitrogens with zero attached hydrogens (tertiary/aromatic N) is 1. The van der Waals surface area contributed by atoms with Crippen LogP contribution in [0.2, 0.25) is 0 Å². The van der Waals surface area contributed by atoms with Crippen molar-refractivity contribution in [1.82, 2.24) is 0 Å². The molecule has 0 radical (unpaired) electrons. The number of carbonyl (C=O) groups is 2. The van der Waals surface area contributed by atoms with E-state index in [1.165, 1.54) is 19.2 Å². The highest BCUT2D eigenvalue weighted by molar-refractivity contribution is 7.20. The van der Waals surface area contributed by atoms with Gasteiger partial charge in [0, 0.05) is 34.5 Å². The van der Waals surface area contributed by atoms with Crippen LogP contribution in [0.3, 0.4) is 0 Å². The maximum absolute atomic E-state index is 14.4. The van der Waals surface area contributed by atoms with Crippen molar-refractivity contribution < 1.29 is 27.8 Å². The third-order valence-electron chi connectivity index (χ3n) is 5.57. The molecular formula is C23H27F2NO4S. The first-order chi connectivity index (χ1) is 14.7. The summed E-state index contributed by atoms with van der Waals surface area (Å²) in [6, 6.07) is 4.55. The van der Waals surface area contributed by atoms with Crippen LogP contribution < -0.4 is 9.64 Å². The molecule has 168 valence electrons. The molecule has 3 rings (SSSR count). The second-order valence-electron chi connectivity index (χ2n) is 8.22. The largest absolute Gasteiger partial charge is 0.513 e. The Morgan fingerprint density at radius 1 is 1.13 bits per heavy atom. The van der Waals surface area contributed by atoms with Crippen molar-refractivity contribution in [2.75, 3.05) is 12.0 Å². The zero-order valence-electron chi connectivity index (χ0n) is 18.1. The van der Waals surface area contributed by atoms with Gasteiger partial charge in [-0.05, 0) is 57.6 Å². The normalized spacial score (nSPS) is 18.7. The third kappa shape index (κ3) is 5.23. The van der Waals surface area contributed by atoms with Gasteiger partial charge in [0.25, 0.3) is 0 Å². The number of carbonyl (C=O) groups excluding carboxylic acids is 2. The average Bonchev–Trinajstić information content (AvgIpc) is 3.10. The Morgan fingerprint density at radius 2 is 1.81 bits per heavy atom. The van der Waals surface area contributed by atoms with E-state index in [-0.39, 0.29) is 29.2 Å². The molecule has 2 aromatic rings. The molecule has 0 saturated heterocycles. The smallest absolute Gasteiger partial charge is 0.437 e. The first-order valence-corrected chi connectivity index (χ1v) is 11.2. The van der Waals surface area contributed by atoms with Crippen LogP contribution in [-0.2, 0) is 9.53 Å². The highest BCUT2D eigenvalue weighted by Gasteiger charge is 2.33. The van der Waals surface area contributed by atoms with Gasteiger partial charge in [0.1, 0.15) is 16.6 Å². The number of benzene rings is 1. The quantitative estimate of drug-likeness (QED) is 0.493. The highest BCUT2D eigenvalue weighted by Crippen LogP contribution is 2.45. The molecule has 0 atom stereocenters. The molecule has 1 aliphatic carbocycles. The first-order valence-electron chi connectivity index (χ1n) is 10.4. The zero-order chi connectivity index (χ0) is 22.7. The van der Waals surface area contributed by atoms with E-state index in [4.69, 9.17) is 4.74 Å². The van der Waals surface area contributed by atoms with Crippen molar-refractivity contribution >= 4 is 28.4 Å². The molecule has 1 heterocycles. The van der Waals surface area contributed by atoms with Gasteiger partial charge in [-0.3, -0.25) is 9.69 Å². The van der Waals surface area contributed by atoms with E-state index in [0.29, 0.717) is 15.8 Å². The Kier molecular flexibility index (Phi) is 7.30. The molecule has 0 N–H and O–H groups in total. The lowest BCUT2D eigenvalue weighted by molar-refractivity contribution is -0.123. The summed E-state index contributed by atoms with van der Waals surface area (Å²) < 4.78 is 37.7. The van der Waals surface area contributed by atoms with Crippen molar-refractivity contribution in [3.05, 3.63) is 35.9 Å². The molecule has 1 aliphatic rings. The molecule has 1 saturated carbocycles. The molecule has 1 aromatic heterocycles. The summed E-state index contributed by atoms with van der Waals surface area (Å²) in [5.41, 5.74) is 0.162. The standard InChI is InChI=1S/C23H27F2NO4S/c1-13(2)26(21(27)15-7-5-14(3)6-8-15)22-19(30-23(28)29-4)12-20(31-22)17-10-9-16(24)11-18(17)25/h9-15H,5-8H2,1-4H3. The Balaban J connectivity index is 2.03. The van der Waals surface area contributed by atoms with E-state index in [9.17, 15) is 18.4 Å². The molecule has 0 aliphatic heterocycles. The second kappa shape index (κ2) is 9.77. The molecule has 1 fully saturated rings. The molecule has 1 amide bonds. The van der Waals surface area contributed by atoms with E-state index in [2.05, 4.69) is 11.7 Å². The summed E-state index contributed by atoms with van der Waals surface area (Å²) in [5, 5.41) is 0.405. The van der Waals surface area contributed by atoms with Gasteiger partial charge in [0.2, 0.25) is 5.91 Å². The minimum absolute atomic E-state index is 0.0374. The number of amides is 1. The minimum atomic E-state index is -0.937. The van der Waals surface area contributed by atoms with E-state index in [1.807, 2.05) is 13.8 Å². The van der Waals surface area contributed by atoms with E-state index in [0.717, 1.165) is 49.2 Å². The second-order valence-corrected chi connectivity index (χ2v) is 9.25. The van der Waals surface area contributed by atoms with Crippen LogP contribution in [-0.4, -0.2) is 25.2 Å². The topological polar surface area (TPSA) is 55.8 Å². The number of rotatable bonds is 5. The van der Waals surface area contributed by atoms with Gasteiger partial charge in [0.05, 0.1) is 7.11 Å². The lowest BCUT2D eigenvalue weighted by atomic mass is 9.82. The number of thiophene rings is 1. The van der Waals surface area contributed by atoms with E-state index in [1.54, 1.807) is 4.90 Å². The van der Waals surface area contributed by atoms with Crippen molar-refractivity contribution in [2.24, 2.45) is 11.8 Å². The fourth-order valence-corrected chi connectivity index (χ4v) is 5.10. The summed E-state index contributed by atoms with van der Waals surface area (Å²) in [7, 11) is 1.18.